The molecule has 0 spiro atoms. The van der Waals surface area contributed by atoms with Gasteiger partial charge in [0, 0.05) is 23.5 Å². The number of aromatic nitrogens is 3. The van der Waals surface area contributed by atoms with Crippen molar-refractivity contribution in [3.05, 3.63) is 78.2 Å². The highest BCUT2D eigenvalue weighted by molar-refractivity contribution is 6.05. The van der Waals surface area contributed by atoms with Crippen molar-refractivity contribution in [2.75, 3.05) is 12.4 Å². The first-order valence-electron chi connectivity index (χ1n) is 8.94. The fourth-order valence-corrected chi connectivity index (χ4v) is 2.91. The minimum atomic E-state index is -0.322. The van der Waals surface area contributed by atoms with Crippen molar-refractivity contribution in [1.82, 2.24) is 15.0 Å². The molecule has 0 bridgehead atoms. The summed E-state index contributed by atoms with van der Waals surface area (Å²) in [6.45, 7) is 1.88. The molecule has 4 rings (SSSR count). The molecule has 0 atom stereocenters. The molecule has 7 heteroatoms. The first-order chi connectivity index (χ1) is 14.1. The first kappa shape index (κ1) is 18.4. The Balaban J connectivity index is 1.56. The number of hydrogen-bond donors (Lipinski definition) is 1. The Morgan fingerprint density at radius 1 is 1.00 bits per heavy atom. The molecule has 2 heterocycles. The van der Waals surface area contributed by atoms with E-state index in [2.05, 4.69) is 20.3 Å². The van der Waals surface area contributed by atoms with Gasteiger partial charge in [-0.2, -0.15) is 0 Å². The van der Waals surface area contributed by atoms with Crippen LogP contribution in [0.15, 0.2) is 67.0 Å². The number of pyridine rings is 1. The third-order valence-corrected chi connectivity index (χ3v) is 4.33. The van der Waals surface area contributed by atoms with Crippen molar-refractivity contribution in [2.45, 2.75) is 6.92 Å². The van der Waals surface area contributed by atoms with E-state index < -0.39 is 0 Å². The van der Waals surface area contributed by atoms with Crippen LogP contribution in [0.3, 0.4) is 0 Å². The molecule has 0 aliphatic heterocycles. The monoisotopic (exact) mass is 386 g/mol. The Kier molecular flexibility index (Phi) is 5.03. The van der Waals surface area contributed by atoms with Gasteiger partial charge in [-0.15, -0.1) is 0 Å². The standard InChI is InChI=1S/C22H18N4O3/c1-14-12-16(29-22-23-10-5-11-24-22)8-9-18(14)25-20(27)19-13-15-6-3-4-7-17(15)21(26-19)28-2/h3-13H,1-2H3,(H,25,27). The number of ether oxygens (including phenoxy) is 2. The Morgan fingerprint density at radius 2 is 1.79 bits per heavy atom. The predicted molar refractivity (Wildman–Crippen MR) is 110 cm³/mol. The largest absolute Gasteiger partial charge is 0.481 e. The lowest BCUT2D eigenvalue weighted by molar-refractivity contribution is 0.102. The van der Waals surface area contributed by atoms with E-state index in [1.54, 1.807) is 42.7 Å². The van der Waals surface area contributed by atoms with Gasteiger partial charge >= 0.3 is 6.01 Å². The van der Waals surface area contributed by atoms with Crippen LogP contribution in [0.5, 0.6) is 17.6 Å². The summed E-state index contributed by atoms with van der Waals surface area (Å²) >= 11 is 0. The topological polar surface area (TPSA) is 86.2 Å². The Hall–Kier alpha value is -4.00. The first-order valence-corrected chi connectivity index (χ1v) is 8.94. The number of aryl methyl sites for hydroxylation is 1. The van der Waals surface area contributed by atoms with Crippen molar-refractivity contribution >= 4 is 22.4 Å². The van der Waals surface area contributed by atoms with Crippen LogP contribution in [0.2, 0.25) is 0 Å². The van der Waals surface area contributed by atoms with Crippen molar-refractivity contribution in [3.63, 3.8) is 0 Å². The molecule has 0 saturated heterocycles. The van der Waals surface area contributed by atoms with Gasteiger partial charge in [0.2, 0.25) is 5.88 Å². The molecule has 7 nitrogen and oxygen atoms in total. The van der Waals surface area contributed by atoms with Crippen LogP contribution in [0.1, 0.15) is 16.1 Å². The summed E-state index contributed by atoms with van der Waals surface area (Å²) in [5.41, 5.74) is 1.77. The lowest BCUT2D eigenvalue weighted by Crippen LogP contribution is -2.15. The van der Waals surface area contributed by atoms with E-state index in [0.717, 1.165) is 16.3 Å². The smallest absolute Gasteiger partial charge is 0.321 e. The van der Waals surface area contributed by atoms with Crippen molar-refractivity contribution < 1.29 is 14.3 Å². The van der Waals surface area contributed by atoms with Crippen LogP contribution < -0.4 is 14.8 Å². The zero-order valence-corrected chi connectivity index (χ0v) is 15.9. The Bertz CT molecular complexity index is 1180. The summed E-state index contributed by atoms with van der Waals surface area (Å²) < 4.78 is 11.0. The van der Waals surface area contributed by atoms with Gasteiger partial charge in [0.25, 0.3) is 5.91 Å². The molecule has 144 valence electrons. The minimum absolute atomic E-state index is 0.260. The molecule has 0 radical (unpaired) electrons. The maximum Gasteiger partial charge on any atom is 0.321 e. The fraction of sp³-hybridized carbons (Fsp3) is 0.0909. The number of anilines is 1. The second-order valence-corrected chi connectivity index (χ2v) is 6.30. The van der Waals surface area contributed by atoms with Gasteiger partial charge in [0.05, 0.1) is 7.11 Å². The van der Waals surface area contributed by atoms with Crippen LogP contribution in [-0.4, -0.2) is 28.0 Å². The third kappa shape index (κ3) is 3.98. The number of nitrogens with zero attached hydrogens (tertiary/aromatic N) is 3. The van der Waals surface area contributed by atoms with Crippen LogP contribution in [0, 0.1) is 6.92 Å². The highest BCUT2D eigenvalue weighted by Gasteiger charge is 2.14. The van der Waals surface area contributed by atoms with E-state index in [9.17, 15) is 4.79 Å². The molecule has 29 heavy (non-hydrogen) atoms. The highest BCUT2D eigenvalue weighted by Crippen LogP contribution is 2.27. The molecule has 4 aromatic rings. The SMILES string of the molecule is COc1nc(C(=O)Nc2ccc(Oc3ncccn3)cc2C)cc2ccccc12. The predicted octanol–water partition coefficient (Wildman–Crippen LogP) is 4.39. The third-order valence-electron chi connectivity index (χ3n) is 4.33. The average molecular weight is 386 g/mol. The van der Waals surface area contributed by atoms with E-state index in [4.69, 9.17) is 9.47 Å². The van der Waals surface area contributed by atoms with Gasteiger partial charge in [-0.3, -0.25) is 4.79 Å². The summed E-state index contributed by atoms with van der Waals surface area (Å²) in [6, 6.07) is 16.7. The fourth-order valence-electron chi connectivity index (χ4n) is 2.91. The number of amides is 1. The van der Waals surface area contributed by atoms with Gasteiger partial charge in [-0.25, -0.2) is 15.0 Å². The molecule has 0 unspecified atom stereocenters. The van der Waals surface area contributed by atoms with Crippen LogP contribution in [0.4, 0.5) is 5.69 Å². The van der Waals surface area contributed by atoms with E-state index in [-0.39, 0.29) is 17.6 Å². The average Bonchev–Trinajstić information content (AvgIpc) is 2.75. The molecule has 1 amide bonds. The summed E-state index contributed by atoms with van der Waals surface area (Å²) in [4.78, 5) is 25.2. The van der Waals surface area contributed by atoms with Gasteiger partial charge in [-0.1, -0.05) is 18.2 Å². The summed E-state index contributed by atoms with van der Waals surface area (Å²) in [7, 11) is 1.54. The lowest BCUT2D eigenvalue weighted by Gasteiger charge is -2.11. The number of benzene rings is 2. The van der Waals surface area contributed by atoms with Crippen LogP contribution >= 0.6 is 0 Å². The van der Waals surface area contributed by atoms with Gasteiger partial charge in [0.15, 0.2) is 0 Å². The van der Waals surface area contributed by atoms with Gasteiger partial charge in [-0.05, 0) is 54.3 Å². The molecular weight excluding hydrogens is 368 g/mol. The minimum Gasteiger partial charge on any atom is -0.481 e. The summed E-state index contributed by atoms with van der Waals surface area (Å²) in [6.07, 6.45) is 3.21. The van der Waals surface area contributed by atoms with Gasteiger partial charge in [0.1, 0.15) is 11.4 Å². The van der Waals surface area contributed by atoms with E-state index in [1.807, 2.05) is 31.2 Å². The summed E-state index contributed by atoms with van der Waals surface area (Å²) in [5, 5.41) is 4.63. The van der Waals surface area contributed by atoms with Gasteiger partial charge < -0.3 is 14.8 Å². The number of nitrogens with one attached hydrogen (secondary N) is 1. The van der Waals surface area contributed by atoms with Crippen LogP contribution in [-0.2, 0) is 0 Å². The van der Waals surface area contributed by atoms with Crippen LogP contribution in [0.25, 0.3) is 10.8 Å². The molecule has 0 aliphatic rings. The molecule has 0 aliphatic carbocycles. The maximum absolute atomic E-state index is 12.8. The van der Waals surface area contributed by atoms with E-state index in [0.29, 0.717) is 17.3 Å². The van der Waals surface area contributed by atoms with E-state index >= 15 is 0 Å². The molecular formula is C22H18N4O3. The molecule has 0 saturated carbocycles. The zero-order chi connectivity index (χ0) is 20.2. The second-order valence-electron chi connectivity index (χ2n) is 6.30. The number of fused-ring (bicyclic) bond motifs is 1. The Morgan fingerprint density at radius 3 is 2.55 bits per heavy atom. The number of rotatable bonds is 5. The zero-order valence-electron chi connectivity index (χ0n) is 15.9. The lowest BCUT2D eigenvalue weighted by atomic mass is 10.1. The molecule has 1 N–H and O–H groups in total. The number of hydrogen-bond acceptors (Lipinski definition) is 6. The normalized spacial score (nSPS) is 10.6. The molecule has 2 aromatic heterocycles. The second kappa shape index (κ2) is 7.93. The number of carbonyl (C=O) groups excluding carboxylic acids is 1. The quantitative estimate of drug-likeness (QED) is 0.548. The molecule has 2 aromatic carbocycles. The Labute approximate surface area is 167 Å². The van der Waals surface area contributed by atoms with E-state index in [1.165, 1.54) is 7.11 Å². The van der Waals surface area contributed by atoms with Crippen molar-refractivity contribution in [2.24, 2.45) is 0 Å². The van der Waals surface area contributed by atoms with Crippen molar-refractivity contribution in [3.8, 4) is 17.6 Å². The van der Waals surface area contributed by atoms with Crippen molar-refractivity contribution in [1.29, 1.82) is 0 Å². The highest BCUT2D eigenvalue weighted by atomic mass is 16.5. The number of carbonyl (C=O) groups is 1. The number of methoxy groups -OCH3 is 1. The summed E-state index contributed by atoms with van der Waals surface area (Å²) in [5.74, 6) is 0.672. The molecule has 0 fully saturated rings. The maximum atomic E-state index is 12.8.